The van der Waals surface area contributed by atoms with Crippen molar-refractivity contribution < 1.29 is 13.9 Å². The maximum absolute atomic E-state index is 13.7. The molecule has 1 N–H and O–H groups in total. The Bertz CT molecular complexity index is 1170. The van der Waals surface area contributed by atoms with Gasteiger partial charge in [0.1, 0.15) is 11.6 Å². The molecule has 0 unspecified atom stereocenters. The van der Waals surface area contributed by atoms with Gasteiger partial charge in [-0.3, -0.25) is 0 Å². The molecule has 4 heterocycles. The molecule has 11 heteroatoms. The van der Waals surface area contributed by atoms with Crippen LogP contribution < -0.4 is 19.7 Å². The van der Waals surface area contributed by atoms with Crippen LogP contribution in [-0.2, 0) is 6.54 Å². The molecule has 34 heavy (non-hydrogen) atoms. The Morgan fingerprint density at radius 3 is 2.71 bits per heavy atom. The largest absolute Gasteiger partial charge is 0.482 e. The lowest BCUT2D eigenvalue weighted by molar-refractivity contribution is 0.202. The summed E-state index contributed by atoms with van der Waals surface area (Å²) in [6.07, 6.45) is 4.57. The molecule has 3 aliphatic rings. The van der Waals surface area contributed by atoms with Crippen molar-refractivity contribution in [3.63, 3.8) is 0 Å². The van der Waals surface area contributed by atoms with Gasteiger partial charge >= 0.3 is 0 Å². The van der Waals surface area contributed by atoms with E-state index < -0.39 is 5.82 Å². The Kier molecular flexibility index (Phi) is 5.40. The summed E-state index contributed by atoms with van der Waals surface area (Å²) in [4.78, 5) is 7.11. The molecule has 0 radical (unpaired) electrons. The topological polar surface area (TPSA) is 90.2 Å². The van der Waals surface area contributed by atoms with E-state index in [0.29, 0.717) is 47.0 Å². The molecule has 9 nitrogen and oxygen atoms in total. The molecule has 2 bridgehead atoms. The van der Waals surface area contributed by atoms with Gasteiger partial charge in [0.2, 0.25) is 11.8 Å². The minimum atomic E-state index is -0.424. The summed E-state index contributed by atoms with van der Waals surface area (Å²) in [5.41, 5.74) is 1.04. The van der Waals surface area contributed by atoms with Gasteiger partial charge in [-0.2, -0.15) is 10.1 Å². The zero-order chi connectivity index (χ0) is 23.2. The van der Waals surface area contributed by atoms with E-state index in [0.717, 1.165) is 43.9 Å². The van der Waals surface area contributed by atoms with Gasteiger partial charge in [0, 0.05) is 49.3 Å². The third-order valence-corrected chi connectivity index (χ3v) is 7.25. The molecular weight excluding hydrogens is 461 g/mol. The summed E-state index contributed by atoms with van der Waals surface area (Å²) in [6, 6.07) is 6.46. The van der Waals surface area contributed by atoms with Crippen molar-refractivity contribution in [1.29, 1.82) is 0 Å². The molecule has 0 amide bonds. The Hall–Kier alpha value is -3.14. The van der Waals surface area contributed by atoms with Crippen molar-refractivity contribution in [2.45, 2.75) is 38.0 Å². The second-order valence-electron chi connectivity index (χ2n) is 9.15. The number of fused-ring (bicyclic) bond motifs is 3. The van der Waals surface area contributed by atoms with Crippen molar-refractivity contribution in [3.05, 3.63) is 47.1 Å². The van der Waals surface area contributed by atoms with Gasteiger partial charge in [0.15, 0.2) is 11.9 Å². The van der Waals surface area contributed by atoms with Crippen LogP contribution >= 0.6 is 11.6 Å². The zero-order valence-corrected chi connectivity index (χ0v) is 19.5. The summed E-state index contributed by atoms with van der Waals surface area (Å²) in [7, 11) is 1.60. The maximum atomic E-state index is 13.7. The molecule has 2 aliphatic heterocycles. The lowest BCUT2D eigenvalue weighted by atomic mass is 9.92. The van der Waals surface area contributed by atoms with Crippen LogP contribution in [0.2, 0.25) is 5.02 Å². The number of methoxy groups -OCH3 is 1. The first-order valence-corrected chi connectivity index (χ1v) is 11.9. The molecule has 0 spiro atoms. The first-order chi connectivity index (χ1) is 16.6. The monoisotopic (exact) mass is 485 g/mol. The van der Waals surface area contributed by atoms with Crippen LogP contribution in [0.5, 0.6) is 11.6 Å². The minimum absolute atomic E-state index is 0.284. The van der Waals surface area contributed by atoms with Crippen LogP contribution in [0.4, 0.5) is 16.0 Å². The van der Waals surface area contributed by atoms with Crippen molar-refractivity contribution in [1.82, 2.24) is 25.0 Å². The standard InChI is InChI=1S/C23H25ClFN7O2/c1-33-20-9-17(10-26-29-20)31-11-13-2-3-14(12-31)21(13)27-23-28-22-19(4-5-32(22)30-23)34-18-7-15(24)6-16(25)8-18/h6-10,13-14,19,21H,2-5,11-12H2,1H3,(H,27,30)/t13-,14+,19-,21-/m0/s1. The summed E-state index contributed by atoms with van der Waals surface area (Å²) >= 11 is 5.97. The van der Waals surface area contributed by atoms with Crippen LogP contribution in [0, 0.1) is 17.7 Å². The highest BCUT2D eigenvalue weighted by atomic mass is 35.5. The fourth-order valence-corrected chi connectivity index (χ4v) is 5.70. The zero-order valence-electron chi connectivity index (χ0n) is 18.7. The molecule has 1 aliphatic carbocycles. The molecule has 2 fully saturated rings. The number of anilines is 2. The third kappa shape index (κ3) is 4.00. The number of nitrogens with one attached hydrogen (secondary N) is 1. The van der Waals surface area contributed by atoms with Gasteiger partial charge in [-0.1, -0.05) is 11.6 Å². The van der Waals surface area contributed by atoms with Gasteiger partial charge in [-0.05, 0) is 36.8 Å². The fraction of sp³-hybridized carbons (Fsp3) is 0.478. The van der Waals surface area contributed by atoms with Gasteiger partial charge in [0.05, 0.1) is 19.0 Å². The van der Waals surface area contributed by atoms with Crippen LogP contribution in [0.3, 0.4) is 0 Å². The summed E-state index contributed by atoms with van der Waals surface area (Å²) in [6.45, 7) is 2.57. The molecule has 6 rings (SSSR count). The van der Waals surface area contributed by atoms with Crippen LogP contribution in [0.15, 0.2) is 30.5 Å². The quantitative estimate of drug-likeness (QED) is 0.565. The highest BCUT2D eigenvalue weighted by molar-refractivity contribution is 6.30. The third-order valence-electron chi connectivity index (χ3n) is 7.03. The number of nitrogens with zero attached hydrogens (tertiary/aromatic N) is 6. The van der Waals surface area contributed by atoms with Crippen molar-refractivity contribution in [2.24, 2.45) is 11.8 Å². The number of hydrogen-bond donors (Lipinski definition) is 1. The van der Waals surface area contributed by atoms with E-state index in [-0.39, 0.29) is 6.10 Å². The van der Waals surface area contributed by atoms with E-state index in [4.69, 9.17) is 26.1 Å². The molecule has 1 saturated heterocycles. The summed E-state index contributed by atoms with van der Waals surface area (Å²) < 4.78 is 26.8. The van der Waals surface area contributed by atoms with E-state index in [2.05, 4.69) is 25.5 Å². The lowest BCUT2D eigenvalue weighted by Gasteiger charge is -2.39. The number of rotatable bonds is 6. The van der Waals surface area contributed by atoms with Crippen LogP contribution in [0.1, 0.15) is 31.2 Å². The van der Waals surface area contributed by atoms with Crippen molar-refractivity contribution >= 4 is 23.2 Å². The molecule has 1 aromatic carbocycles. The molecule has 3 aromatic rings. The number of aromatic nitrogens is 5. The minimum Gasteiger partial charge on any atom is -0.482 e. The molecule has 2 aromatic heterocycles. The lowest BCUT2D eigenvalue weighted by Crippen LogP contribution is -2.48. The number of aryl methyl sites for hydroxylation is 1. The van der Waals surface area contributed by atoms with Crippen LogP contribution in [0.25, 0.3) is 0 Å². The van der Waals surface area contributed by atoms with Gasteiger partial charge < -0.3 is 19.7 Å². The second-order valence-corrected chi connectivity index (χ2v) is 9.58. The highest BCUT2D eigenvalue weighted by Gasteiger charge is 2.43. The van der Waals surface area contributed by atoms with Gasteiger partial charge in [-0.15, -0.1) is 10.2 Å². The van der Waals surface area contributed by atoms with E-state index in [9.17, 15) is 4.39 Å². The highest BCUT2D eigenvalue weighted by Crippen LogP contribution is 2.40. The Morgan fingerprint density at radius 1 is 1.12 bits per heavy atom. The first kappa shape index (κ1) is 21.4. The van der Waals surface area contributed by atoms with Crippen LogP contribution in [-0.4, -0.2) is 51.2 Å². The summed E-state index contributed by atoms with van der Waals surface area (Å²) in [5, 5.41) is 16.6. The smallest absolute Gasteiger partial charge is 0.242 e. The van der Waals surface area contributed by atoms with E-state index in [1.807, 2.05) is 10.7 Å². The Morgan fingerprint density at radius 2 is 1.94 bits per heavy atom. The van der Waals surface area contributed by atoms with Crippen molar-refractivity contribution in [3.8, 4) is 11.6 Å². The predicted molar refractivity (Wildman–Crippen MR) is 124 cm³/mol. The average Bonchev–Trinajstić information content (AvgIpc) is 3.44. The number of hydrogen-bond acceptors (Lipinski definition) is 8. The molecular formula is C23H25ClFN7O2. The Balaban J connectivity index is 1.14. The molecule has 4 atom stereocenters. The van der Waals surface area contributed by atoms with Gasteiger partial charge in [0.25, 0.3) is 0 Å². The van der Waals surface area contributed by atoms with E-state index >= 15 is 0 Å². The van der Waals surface area contributed by atoms with Crippen molar-refractivity contribution in [2.75, 3.05) is 30.4 Å². The number of ether oxygens (including phenoxy) is 2. The van der Waals surface area contributed by atoms with Gasteiger partial charge in [-0.25, -0.2) is 9.07 Å². The Labute approximate surface area is 201 Å². The SMILES string of the molecule is COc1cc(N2C[C@H]3CC[C@@H](C2)[C@@H]3Nc2nc3n(n2)CC[C@@H]3Oc2cc(F)cc(Cl)c2)cnn1. The molecule has 1 saturated carbocycles. The maximum Gasteiger partial charge on any atom is 0.242 e. The number of halogens is 2. The fourth-order valence-electron chi connectivity index (χ4n) is 5.49. The predicted octanol–water partition coefficient (Wildman–Crippen LogP) is 3.72. The average molecular weight is 486 g/mol. The van der Waals surface area contributed by atoms with E-state index in [1.54, 1.807) is 19.4 Å². The normalized spacial score (nSPS) is 25.3. The second kappa shape index (κ2) is 8.57. The summed E-state index contributed by atoms with van der Waals surface area (Å²) in [5.74, 6) is 2.85. The molecule has 178 valence electrons. The van der Waals surface area contributed by atoms with E-state index in [1.165, 1.54) is 12.1 Å². The number of piperidine rings is 1. The number of benzene rings is 1. The first-order valence-electron chi connectivity index (χ1n) is 11.5.